The van der Waals surface area contributed by atoms with Crippen LogP contribution in [-0.2, 0) is 79.5 Å². The van der Waals surface area contributed by atoms with E-state index in [0.29, 0.717) is 50.8 Å². The second-order valence-corrected chi connectivity index (χ2v) is 26.8. The third-order valence-electron chi connectivity index (χ3n) is 13.6. The minimum absolute atomic E-state index is 0.00772. The van der Waals surface area contributed by atoms with E-state index in [0.717, 1.165) is 32.1 Å². The summed E-state index contributed by atoms with van der Waals surface area (Å²) in [5, 5.41) is 48.1. The number of carboxylic acids is 3. The number of nitrogens with one attached hydrogen (secondary N) is 4. The highest BCUT2D eigenvalue weighted by Crippen LogP contribution is 2.66. The molecule has 12 unspecified atom stereocenters. The van der Waals surface area contributed by atoms with Crippen LogP contribution in [-0.4, -0.2) is 196 Å². The van der Waals surface area contributed by atoms with Gasteiger partial charge in [-0.3, -0.25) is 42.9 Å². The summed E-state index contributed by atoms with van der Waals surface area (Å²) in [7, 11) is -13.9. The number of carbonyl (C=O) groups excluding carboxylic acids is 6. The van der Waals surface area contributed by atoms with Crippen molar-refractivity contribution in [2.45, 2.75) is 165 Å². The van der Waals surface area contributed by atoms with Crippen LogP contribution in [0, 0.1) is 23.7 Å². The normalized spacial score (nSPS) is 24.6. The largest absolute Gasteiger partial charge is 0.490 e. The summed E-state index contributed by atoms with van der Waals surface area (Å²) in [6.45, 7) is 1.36. The van der Waals surface area contributed by atoms with Crippen LogP contribution < -0.4 is 21.3 Å². The van der Waals surface area contributed by atoms with Crippen molar-refractivity contribution in [1.29, 1.82) is 0 Å². The Morgan fingerprint density at radius 2 is 1.37 bits per heavy atom. The summed E-state index contributed by atoms with van der Waals surface area (Å²) < 4.78 is 58.4. The molecule has 0 radical (unpaired) electrons. The van der Waals surface area contributed by atoms with E-state index in [4.69, 9.17) is 24.4 Å². The van der Waals surface area contributed by atoms with E-state index in [1.807, 2.05) is 5.32 Å². The van der Waals surface area contributed by atoms with Crippen molar-refractivity contribution in [3.05, 3.63) is 0 Å². The number of carboxylic acid groups (broad SMARTS) is 3. The molecule has 4 fully saturated rings. The van der Waals surface area contributed by atoms with Crippen molar-refractivity contribution in [3.63, 3.8) is 0 Å². The zero-order chi connectivity index (χ0) is 60.8. The van der Waals surface area contributed by atoms with Crippen LogP contribution in [0.25, 0.3) is 0 Å². The molecule has 82 heavy (non-hydrogen) atoms. The Kier molecular flexibility index (Phi) is 29.2. The van der Waals surface area contributed by atoms with E-state index >= 15 is 0 Å². The smallest absolute Gasteiger partial charge is 0.481 e. The number of carbonyl (C=O) groups is 9. The Balaban J connectivity index is 1.22. The second-order valence-electron chi connectivity index (χ2n) is 19.8. The Hall–Kier alpha value is -4.22. The number of hydrogen-bond acceptors (Lipinski definition) is 20. The van der Waals surface area contributed by atoms with Crippen molar-refractivity contribution in [2.24, 2.45) is 11.8 Å². The number of aliphatic hydroxyl groups excluding tert-OH is 1. The van der Waals surface area contributed by atoms with Gasteiger partial charge in [0.2, 0.25) is 35.4 Å². The lowest BCUT2D eigenvalue weighted by Crippen LogP contribution is -2.58. The van der Waals surface area contributed by atoms with Gasteiger partial charge >= 0.3 is 41.4 Å². The highest BCUT2D eigenvalue weighted by atomic mass is 33.1. The van der Waals surface area contributed by atoms with Gasteiger partial charge < -0.3 is 80.5 Å². The number of phosphoric ester groups is 1. The molecule has 3 aliphatic heterocycles. The number of hydrogen-bond donors (Lipinski definition) is 12. The molecule has 4 aliphatic rings. The summed E-state index contributed by atoms with van der Waals surface area (Å²) >= 11 is 0. The molecule has 0 aromatic carbocycles. The lowest BCUT2D eigenvalue weighted by molar-refractivity contribution is -0.148. The van der Waals surface area contributed by atoms with Gasteiger partial charge in [0.15, 0.2) is 0 Å². The van der Waals surface area contributed by atoms with E-state index in [1.165, 1.54) is 38.3 Å². The van der Waals surface area contributed by atoms with Crippen LogP contribution in [0.1, 0.15) is 116 Å². The van der Waals surface area contributed by atoms with Crippen molar-refractivity contribution in [1.82, 2.24) is 31.1 Å². The minimum Gasteiger partial charge on any atom is -0.481 e. The number of unbranched alkanes of at least 4 members (excludes halogenated alkanes) is 1. The highest BCUT2D eigenvalue weighted by Gasteiger charge is 2.45. The van der Waals surface area contributed by atoms with E-state index in [1.54, 1.807) is 0 Å². The van der Waals surface area contributed by atoms with E-state index < -0.39 is 133 Å². The van der Waals surface area contributed by atoms with Gasteiger partial charge in [-0.1, -0.05) is 46.3 Å². The van der Waals surface area contributed by atoms with Gasteiger partial charge in [0.25, 0.3) is 0 Å². The van der Waals surface area contributed by atoms with Crippen molar-refractivity contribution in [3.8, 4) is 11.8 Å². The minimum atomic E-state index is -5.70. The van der Waals surface area contributed by atoms with E-state index in [9.17, 15) is 82.0 Å². The van der Waals surface area contributed by atoms with Crippen LogP contribution in [0.5, 0.6) is 0 Å². The number of phosphoric acid groups is 3. The van der Waals surface area contributed by atoms with Crippen LogP contribution in [0.15, 0.2) is 0 Å². The van der Waals surface area contributed by atoms with E-state index in [-0.39, 0.29) is 75.0 Å². The molecule has 0 aromatic rings. The first-order valence-corrected chi connectivity index (χ1v) is 33.4. The predicted molar refractivity (Wildman–Crippen MR) is 287 cm³/mol. The van der Waals surface area contributed by atoms with Gasteiger partial charge in [-0.2, -0.15) is 8.62 Å². The molecule has 0 aromatic heterocycles. The van der Waals surface area contributed by atoms with Gasteiger partial charge in [0.1, 0.15) is 48.9 Å². The maximum absolute atomic E-state index is 14.3. The molecule has 464 valence electrons. The summed E-state index contributed by atoms with van der Waals surface area (Å²) in [6, 6.07) is -7.14. The molecular formula is C46H73N6O25P3S2. The van der Waals surface area contributed by atoms with Gasteiger partial charge in [-0.05, 0) is 76.5 Å². The van der Waals surface area contributed by atoms with Gasteiger partial charge in [-0.15, -0.1) is 0 Å². The number of aliphatic hydroxyl groups is 1. The molecule has 31 nitrogen and oxygen atoms in total. The third-order valence-corrected chi connectivity index (χ3v) is 19.5. The SMILES string of the molecule is CC(=O)NCCCCC(NC(=O)C1CCCN1C(=O)CCSSCOCC#CC1CCCCC(C2CC(O)C(COP(=O)(O)OP(=O)(O)OP(=O)(O)O)O2)CC1)C(=O)N1CCCC1C(=O)NC(CC(=O)O)C(=O)NC(CC(=O)O)C(=O)O. The Labute approximate surface area is 480 Å². The molecule has 3 heterocycles. The molecule has 1 aliphatic carbocycles. The molecule has 36 heteroatoms. The standard InChI is InChI=1S/C46H73N6O25P3S2/c1-28(53)47-18-5-4-12-31(45(63)52-20-7-14-35(52)44(62)49-32(23-40(56)57)42(60)50-33(46(64)65)24-41(58)59)48-43(61)34-13-6-19-51(34)39(55)17-22-81-82-27-73-21-8-10-29-9-2-3-11-30(16-15-29)37-25-36(54)38(75-37)26-74-79(69,70)77-80(71,72)76-78(66,67)68/h29-38,54H,2-7,9,11-27H2,1H3,(H,47,53)(H,48,61)(H,49,62)(H,50,60)(H,56,57)(H,58,59)(H,64,65)(H,69,70)(H,71,72)(H2,66,67,68). The predicted octanol–water partition coefficient (Wildman–Crippen LogP) is 0.961. The van der Waals surface area contributed by atoms with Gasteiger partial charge in [-0.25, -0.2) is 18.5 Å². The first kappa shape index (κ1) is 70.3. The zero-order valence-electron chi connectivity index (χ0n) is 44.8. The lowest BCUT2D eigenvalue weighted by atomic mass is 9.82. The van der Waals surface area contributed by atoms with Crippen LogP contribution in [0.4, 0.5) is 0 Å². The number of aliphatic carboxylic acids is 3. The molecule has 1 saturated carbocycles. The maximum atomic E-state index is 14.3. The monoisotopic (exact) mass is 1270 g/mol. The van der Waals surface area contributed by atoms with Gasteiger partial charge in [0.05, 0.1) is 31.7 Å². The Bertz CT molecular complexity index is 2470. The first-order chi connectivity index (χ1) is 38.5. The molecular weight excluding hydrogens is 1190 g/mol. The van der Waals surface area contributed by atoms with Crippen LogP contribution >= 0.6 is 45.1 Å². The average molecular weight is 1270 g/mol. The van der Waals surface area contributed by atoms with E-state index in [2.05, 4.69) is 40.9 Å². The summed E-state index contributed by atoms with van der Waals surface area (Å²) in [5.74, 6) is -1.82. The molecule has 3 saturated heterocycles. The summed E-state index contributed by atoms with van der Waals surface area (Å²) in [5.41, 5.74) is 0. The van der Waals surface area contributed by atoms with Crippen molar-refractivity contribution in [2.75, 3.05) is 44.5 Å². The average Bonchev–Trinajstić information content (AvgIpc) is 4.30. The summed E-state index contributed by atoms with van der Waals surface area (Å²) in [4.78, 5) is 153. The molecule has 0 spiro atoms. The fourth-order valence-electron chi connectivity index (χ4n) is 9.78. The molecule has 12 atom stereocenters. The van der Waals surface area contributed by atoms with Crippen LogP contribution in [0.3, 0.4) is 0 Å². The third kappa shape index (κ3) is 25.2. The van der Waals surface area contributed by atoms with Crippen molar-refractivity contribution >= 4 is 98.4 Å². The molecule has 12 N–H and O–H groups in total. The molecule has 6 amide bonds. The maximum Gasteiger partial charge on any atom is 0.490 e. The number of ether oxygens (including phenoxy) is 2. The number of amides is 6. The lowest BCUT2D eigenvalue weighted by Gasteiger charge is -2.31. The highest BCUT2D eigenvalue weighted by molar-refractivity contribution is 8.76. The quantitative estimate of drug-likeness (QED) is 0.0147. The topological polar surface area (TPSA) is 467 Å². The number of likely N-dealkylation sites (tertiary alicyclic amines) is 2. The zero-order valence-corrected chi connectivity index (χ0v) is 49.1. The van der Waals surface area contributed by atoms with Crippen molar-refractivity contribution < 1.29 is 119 Å². The summed E-state index contributed by atoms with van der Waals surface area (Å²) in [6.07, 6.45) is 2.40. The number of nitrogens with zero attached hydrogens (tertiary/aromatic N) is 2. The Morgan fingerprint density at radius 1 is 0.732 bits per heavy atom. The molecule has 0 bridgehead atoms. The molecule has 4 rings (SSSR count). The number of rotatable bonds is 32. The Morgan fingerprint density at radius 3 is 2.01 bits per heavy atom. The van der Waals surface area contributed by atoms with Gasteiger partial charge in [0, 0.05) is 51.1 Å². The van der Waals surface area contributed by atoms with Crippen LogP contribution in [0.2, 0.25) is 0 Å². The fraction of sp³-hybridized carbons (Fsp3) is 0.761. The first-order valence-electron chi connectivity index (χ1n) is 26.4. The fourth-order valence-corrected chi connectivity index (χ4v) is 14.4. The second kappa shape index (κ2) is 34.1.